The van der Waals surface area contributed by atoms with Gasteiger partial charge in [0, 0.05) is 11.1 Å². The fraction of sp³-hybridized carbons (Fsp3) is 1.00. The van der Waals surface area contributed by atoms with Crippen LogP contribution in [-0.4, -0.2) is 16.6 Å². The van der Waals surface area contributed by atoms with Crippen LogP contribution in [0.1, 0.15) is 19.3 Å². The summed E-state index contributed by atoms with van der Waals surface area (Å²) in [6.07, 6.45) is 2.47. The highest BCUT2D eigenvalue weighted by molar-refractivity contribution is 9.09. The second-order valence-electron chi connectivity index (χ2n) is 2.04. The second-order valence-corrected chi connectivity index (χ2v) is 4.00. The van der Waals surface area contributed by atoms with E-state index in [0.29, 0.717) is 6.42 Å². The fourth-order valence-corrected chi connectivity index (χ4v) is 1.54. The van der Waals surface area contributed by atoms with Gasteiger partial charge in [0.2, 0.25) is 0 Å². The lowest BCUT2D eigenvalue weighted by Crippen LogP contribution is -2.01. The summed E-state index contributed by atoms with van der Waals surface area (Å²) in [7, 11) is 0. The van der Waals surface area contributed by atoms with Gasteiger partial charge < -0.3 is 0 Å². The number of alkyl halides is 4. The van der Waals surface area contributed by atoms with Crippen LogP contribution >= 0.6 is 27.7 Å². The first kappa shape index (κ1) is 11.6. The van der Waals surface area contributed by atoms with E-state index in [1.165, 1.54) is 0 Å². The Hall–Kier alpha value is 0.620. The Morgan fingerprint density at radius 3 is 2.18 bits per heavy atom. The number of unbranched alkanes of at least 4 members (excludes halogenated alkanes) is 2. The van der Waals surface area contributed by atoms with Crippen LogP contribution in [0.15, 0.2) is 0 Å². The maximum Gasteiger partial charge on any atom is 0.441 e. The lowest BCUT2D eigenvalue weighted by Gasteiger charge is -2.03. The number of halogens is 4. The molecule has 0 aliphatic rings. The molecule has 0 aliphatic heterocycles. The largest absolute Gasteiger partial charge is 0.441 e. The molecule has 0 aliphatic carbocycles. The SMILES string of the molecule is FC(F)(F)SCCCCCBr. The number of hydrogen-bond donors (Lipinski definition) is 0. The zero-order chi connectivity index (χ0) is 8.74. The van der Waals surface area contributed by atoms with Crippen molar-refractivity contribution in [3.8, 4) is 0 Å². The van der Waals surface area contributed by atoms with E-state index in [4.69, 9.17) is 0 Å². The molecule has 68 valence electrons. The van der Waals surface area contributed by atoms with Crippen molar-refractivity contribution in [2.75, 3.05) is 11.1 Å². The molecule has 0 bridgehead atoms. The van der Waals surface area contributed by atoms with Crippen molar-refractivity contribution in [1.29, 1.82) is 0 Å². The van der Waals surface area contributed by atoms with Gasteiger partial charge in [0.1, 0.15) is 0 Å². The normalized spacial score (nSPS) is 12.0. The zero-order valence-electron chi connectivity index (χ0n) is 5.96. The van der Waals surface area contributed by atoms with E-state index in [1.54, 1.807) is 0 Å². The van der Waals surface area contributed by atoms with Crippen LogP contribution in [0, 0.1) is 0 Å². The van der Waals surface area contributed by atoms with Crippen molar-refractivity contribution in [3.05, 3.63) is 0 Å². The molecule has 0 amide bonds. The Morgan fingerprint density at radius 1 is 1.09 bits per heavy atom. The van der Waals surface area contributed by atoms with Crippen LogP contribution in [0.2, 0.25) is 0 Å². The molecule has 0 heterocycles. The maximum atomic E-state index is 11.5. The lowest BCUT2D eigenvalue weighted by molar-refractivity contribution is -0.0328. The van der Waals surface area contributed by atoms with Gasteiger partial charge in [-0.25, -0.2) is 0 Å². The summed E-state index contributed by atoms with van der Waals surface area (Å²) < 4.78 is 34.6. The van der Waals surface area contributed by atoms with Crippen molar-refractivity contribution < 1.29 is 13.2 Å². The second kappa shape index (κ2) is 6.17. The molecule has 0 N–H and O–H groups in total. The van der Waals surface area contributed by atoms with E-state index >= 15 is 0 Å². The van der Waals surface area contributed by atoms with Crippen LogP contribution in [-0.2, 0) is 0 Å². The summed E-state index contributed by atoms with van der Waals surface area (Å²) in [6, 6.07) is 0. The van der Waals surface area contributed by atoms with E-state index in [1.807, 2.05) is 0 Å². The van der Waals surface area contributed by atoms with E-state index < -0.39 is 5.51 Å². The lowest BCUT2D eigenvalue weighted by atomic mass is 10.3. The van der Waals surface area contributed by atoms with Gasteiger partial charge in [0.15, 0.2) is 0 Å². The van der Waals surface area contributed by atoms with E-state index in [-0.39, 0.29) is 17.5 Å². The van der Waals surface area contributed by atoms with Gasteiger partial charge >= 0.3 is 5.51 Å². The van der Waals surface area contributed by atoms with Crippen molar-refractivity contribution in [2.45, 2.75) is 24.8 Å². The average Bonchev–Trinajstić information content (AvgIpc) is 1.85. The monoisotopic (exact) mass is 250 g/mol. The molecule has 0 spiro atoms. The van der Waals surface area contributed by atoms with Gasteiger partial charge in [-0.05, 0) is 12.8 Å². The van der Waals surface area contributed by atoms with Crippen molar-refractivity contribution in [1.82, 2.24) is 0 Å². The minimum absolute atomic E-state index is 0.0687. The first-order chi connectivity index (χ1) is 5.06. The average molecular weight is 251 g/mol. The minimum atomic E-state index is -4.05. The molecule has 5 heteroatoms. The minimum Gasteiger partial charge on any atom is -0.160 e. The molecule has 0 saturated carbocycles. The molecule has 0 aromatic carbocycles. The Labute approximate surface area is 77.1 Å². The van der Waals surface area contributed by atoms with Crippen LogP contribution < -0.4 is 0 Å². The van der Waals surface area contributed by atoms with Crippen molar-refractivity contribution in [2.24, 2.45) is 0 Å². The van der Waals surface area contributed by atoms with Crippen LogP contribution in [0.25, 0.3) is 0 Å². The quantitative estimate of drug-likeness (QED) is 0.529. The van der Waals surface area contributed by atoms with Gasteiger partial charge in [-0.3, -0.25) is 0 Å². The maximum absolute atomic E-state index is 11.5. The summed E-state index contributed by atoms with van der Waals surface area (Å²) in [4.78, 5) is 0. The predicted molar refractivity (Wildman–Crippen MR) is 46.2 cm³/mol. The standard InChI is InChI=1S/C6H10BrF3S/c7-4-2-1-3-5-11-6(8,9)10/h1-5H2. The van der Waals surface area contributed by atoms with Gasteiger partial charge in [0.05, 0.1) is 0 Å². The summed E-state index contributed by atoms with van der Waals surface area (Å²) in [5.74, 6) is 0.191. The topological polar surface area (TPSA) is 0 Å². The smallest absolute Gasteiger partial charge is 0.160 e. The van der Waals surface area contributed by atoms with Crippen molar-refractivity contribution in [3.63, 3.8) is 0 Å². The van der Waals surface area contributed by atoms with Crippen LogP contribution in [0.4, 0.5) is 13.2 Å². The van der Waals surface area contributed by atoms with E-state index in [9.17, 15) is 13.2 Å². The van der Waals surface area contributed by atoms with Gasteiger partial charge in [-0.2, -0.15) is 13.2 Å². The van der Waals surface area contributed by atoms with Crippen LogP contribution in [0.5, 0.6) is 0 Å². The van der Waals surface area contributed by atoms with Crippen molar-refractivity contribution >= 4 is 27.7 Å². The molecule has 0 radical (unpaired) electrons. The zero-order valence-corrected chi connectivity index (χ0v) is 8.36. The predicted octanol–water partition coefficient (Wildman–Crippen LogP) is 3.80. The highest BCUT2D eigenvalue weighted by Gasteiger charge is 2.27. The van der Waals surface area contributed by atoms with Gasteiger partial charge in [-0.15, -0.1) is 0 Å². The molecule has 0 rings (SSSR count). The molecular formula is C6H10BrF3S. The van der Waals surface area contributed by atoms with E-state index in [2.05, 4.69) is 15.9 Å². The molecule has 0 saturated heterocycles. The Kier molecular flexibility index (Phi) is 6.52. The molecule has 0 nitrogen and oxygen atoms in total. The van der Waals surface area contributed by atoms with Gasteiger partial charge in [0.25, 0.3) is 0 Å². The summed E-state index contributed by atoms with van der Waals surface area (Å²) in [5, 5.41) is 0.879. The number of rotatable bonds is 5. The highest BCUT2D eigenvalue weighted by atomic mass is 79.9. The summed E-state index contributed by atoms with van der Waals surface area (Å²) >= 11 is 3.28. The first-order valence-corrected chi connectivity index (χ1v) is 5.43. The molecule has 0 aromatic rings. The third-order valence-corrected chi connectivity index (χ3v) is 2.42. The third kappa shape index (κ3) is 10.6. The Morgan fingerprint density at radius 2 is 1.73 bits per heavy atom. The first-order valence-electron chi connectivity index (χ1n) is 3.33. The highest BCUT2D eigenvalue weighted by Crippen LogP contribution is 2.30. The summed E-state index contributed by atoms with van der Waals surface area (Å²) in [6.45, 7) is 0. The molecule has 0 aromatic heterocycles. The van der Waals surface area contributed by atoms with E-state index in [0.717, 1.165) is 18.2 Å². The Bertz CT molecular complexity index is 94.3. The molecule has 0 unspecified atom stereocenters. The van der Waals surface area contributed by atoms with Crippen LogP contribution in [0.3, 0.4) is 0 Å². The number of hydrogen-bond acceptors (Lipinski definition) is 1. The fourth-order valence-electron chi connectivity index (χ4n) is 0.561. The third-order valence-electron chi connectivity index (χ3n) is 1.04. The molecule has 0 fully saturated rings. The number of thioether (sulfide) groups is 1. The molecule has 0 atom stereocenters. The molecular weight excluding hydrogens is 241 g/mol. The van der Waals surface area contributed by atoms with Gasteiger partial charge in [-0.1, -0.05) is 34.1 Å². The summed E-state index contributed by atoms with van der Waals surface area (Å²) in [5.41, 5.74) is -4.05. The molecule has 11 heavy (non-hydrogen) atoms. The Balaban J connectivity index is 3.02.